The summed E-state index contributed by atoms with van der Waals surface area (Å²) >= 11 is 11.7. The van der Waals surface area contributed by atoms with Crippen LogP contribution in [0.5, 0.6) is 0 Å². The van der Waals surface area contributed by atoms with Crippen LogP contribution in [0.1, 0.15) is 0 Å². The van der Waals surface area contributed by atoms with E-state index in [1.54, 1.807) is 24.3 Å². The minimum atomic E-state index is -0.358. The Hall–Kier alpha value is -1.59. The molecule has 0 unspecified atom stereocenters. The van der Waals surface area contributed by atoms with E-state index in [1.165, 1.54) is 4.68 Å². The zero-order valence-electron chi connectivity index (χ0n) is 8.68. The van der Waals surface area contributed by atoms with Gasteiger partial charge in [0.25, 0.3) is 0 Å². The number of hydrogen-bond acceptors (Lipinski definition) is 3. The van der Waals surface area contributed by atoms with Crippen molar-refractivity contribution in [2.24, 2.45) is 0 Å². The predicted octanol–water partition coefficient (Wildman–Crippen LogP) is 1.92. The molecule has 1 aromatic heterocycles. The van der Waals surface area contributed by atoms with Crippen molar-refractivity contribution in [1.82, 2.24) is 19.8 Å². The van der Waals surface area contributed by atoms with Crippen molar-refractivity contribution in [3.63, 3.8) is 0 Å². The van der Waals surface area contributed by atoms with Gasteiger partial charge in [-0.3, -0.25) is 0 Å². The van der Waals surface area contributed by atoms with Gasteiger partial charge < -0.3 is 0 Å². The molecule has 0 saturated carbocycles. The van der Waals surface area contributed by atoms with Crippen LogP contribution >= 0.6 is 23.2 Å². The maximum atomic E-state index is 11.8. The zero-order chi connectivity index (χ0) is 12.4. The third kappa shape index (κ3) is 2.25. The second-order valence-electron chi connectivity index (χ2n) is 3.24. The predicted molar refractivity (Wildman–Crippen MR) is 65.8 cm³/mol. The topological polar surface area (TPSA) is 52.7 Å². The fourth-order valence-corrected chi connectivity index (χ4v) is 1.58. The Morgan fingerprint density at radius 1 is 1.29 bits per heavy atom. The SMILES string of the molecule is C=CCn1nnn(-c2ccc(Cl)c(Cl)c2)c1=O. The molecule has 88 valence electrons. The van der Waals surface area contributed by atoms with Gasteiger partial charge in [0.2, 0.25) is 0 Å². The minimum Gasteiger partial charge on any atom is -0.244 e. The molecular weight excluding hydrogens is 263 g/mol. The fraction of sp³-hybridized carbons (Fsp3) is 0.100. The Balaban J connectivity index is 2.50. The highest BCUT2D eigenvalue weighted by molar-refractivity contribution is 6.42. The second kappa shape index (κ2) is 4.73. The van der Waals surface area contributed by atoms with E-state index in [0.29, 0.717) is 22.3 Å². The molecule has 7 heteroatoms. The number of rotatable bonds is 3. The van der Waals surface area contributed by atoms with Crippen molar-refractivity contribution < 1.29 is 0 Å². The molecule has 0 atom stereocenters. The molecule has 0 aliphatic carbocycles. The molecule has 0 radical (unpaired) electrons. The first-order valence-corrected chi connectivity index (χ1v) is 5.48. The Morgan fingerprint density at radius 2 is 2.06 bits per heavy atom. The van der Waals surface area contributed by atoms with Crippen molar-refractivity contribution >= 4 is 23.2 Å². The van der Waals surface area contributed by atoms with Crippen molar-refractivity contribution in [3.05, 3.63) is 51.4 Å². The maximum absolute atomic E-state index is 11.8. The van der Waals surface area contributed by atoms with Gasteiger partial charge in [-0.25, -0.2) is 4.79 Å². The number of tetrazole rings is 1. The van der Waals surface area contributed by atoms with Crippen LogP contribution in [0.15, 0.2) is 35.6 Å². The molecule has 2 rings (SSSR count). The molecule has 0 aliphatic rings. The number of nitrogens with zero attached hydrogens (tertiary/aromatic N) is 4. The molecular formula is C10H8Cl2N4O. The lowest BCUT2D eigenvalue weighted by molar-refractivity contribution is 0.644. The first-order chi connectivity index (χ1) is 8.13. The Kier molecular flexibility index (Phi) is 3.31. The van der Waals surface area contributed by atoms with Gasteiger partial charge in [0, 0.05) is 0 Å². The third-order valence-electron chi connectivity index (χ3n) is 2.09. The van der Waals surface area contributed by atoms with Gasteiger partial charge in [-0.1, -0.05) is 29.3 Å². The smallest absolute Gasteiger partial charge is 0.244 e. The molecule has 0 saturated heterocycles. The maximum Gasteiger partial charge on any atom is 0.368 e. The molecule has 2 aromatic rings. The van der Waals surface area contributed by atoms with Gasteiger partial charge in [0.1, 0.15) is 0 Å². The summed E-state index contributed by atoms with van der Waals surface area (Å²) in [4.78, 5) is 11.8. The van der Waals surface area contributed by atoms with Crippen molar-refractivity contribution in [3.8, 4) is 5.69 Å². The number of aromatic nitrogens is 4. The largest absolute Gasteiger partial charge is 0.368 e. The van der Waals surface area contributed by atoms with Crippen molar-refractivity contribution in [1.29, 1.82) is 0 Å². The summed E-state index contributed by atoms with van der Waals surface area (Å²) in [5.74, 6) is 0. The van der Waals surface area contributed by atoms with E-state index in [2.05, 4.69) is 17.0 Å². The number of halogens is 2. The summed E-state index contributed by atoms with van der Waals surface area (Å²) in [5, 5.41) is 8.22. The van der Waals surface area contributed by atoms with Crippen LogP contribution in [-0.2, 0) is 6.54 Å². The Morgan fingerprint density at radius 3 is 2.71 bits per heavy atom. The summed E-state index contributed by atoms with van der Waals surface area (Å²) in [7, 11) is 0. The van der Waals surface area contributed by atoms with Crippen LogP contribution in [-0.4, -0.2) is 19.8 Å². The molecule has 1 heterocycles. The van der Waals surface area contributed by atoms with Crippen LogP contribution in [0.2, 0.25) is 10.0 Å². The molecule has 0 N–H and O–H groups in total. The van der Waals surface area contributed by atoms with Gasteiger partial charge in [-0.05, 0) is 28.6 Å². The van der Waals surface area contributed by atoms with Crippen LogP contribution in [0.4, 0.5) is 0 Å². The van der Waals surface area contributed by atoms with Gasteiger partial charge in [-0.2, -0.15) is 9.36 Å². The fourth-order valence-electron chi connectivity index (χ4n) is 1.29. The number of allylic oxidation sites excluding steroid dienone is 1. The van der Waals surface area contributed by atoms with Crippen LogP contribution in [0.3, 0.4) is 0 Å². The lowest BCUT2D eigenvalue weighted by Gasteiger charge is -2.00. The molecule has 1 aromatic carbocycles. The van der Waals surface area contributed by atoms with E-state index in [-0.39, 0.29) is 5.69 Å². The summed E-state index contributed by atoms with van der Waals surface area (Å²) in [6, 6.07) is 4.79. The molecule has 0 bridgehead atoms. The third-order valence-corrected chi connectivity index (χ3v) is 2.83. The molecule has 0 spiro atoms. The summed E-state index contributed by atoms with van der Waals surface area (Å²) in [6.07, 6.45) is 1.56. The standard InChI is InChI=1S/C10H8Cl2N4O/c1-2-5-15-10(17)16(14-13-15)7-3-4-8(11)9(12)6-7/h2-4,6H,1,5H2. The van der Waals surface area contributed by atoms with E-state index in [0.717, 1.165) is 4.68 Å². The van der Waals surface area contributed by atoms with Gasteiger partial charge in [0.05, 0.1) is 22.3 Å². The van der Waals surface area contributed by atoms with E-state index < -0.39 is 0 Å². The minimum absolute atomic E-state index is 0.306. The summed E-state index contributed by atoms with van der Waals surface area (Å²) < 4.78 is 2.33. The quantitative estimate of drug-likeness (QED) is 0.801. The van der Waals surface area contributed by atoms with Crippen LogP contribution in [0.25, 0.3) is 5.69 Å². The van der Waals surface area contributed by atoms with Gasteiger partial charge in [0.15, 0.2) is 0 Å². The highest BCUT2D eigenvalue weighted by Crippen LogP contribution is 2.23. The summed E-state index contributed by atoms with van der Waals surface area (Å²) in [6.45, 7) is 3.84. The van der Waals surface area contributed by atoms with E-state index in [1.807, 2.05) is 0 Å². The number of benzene rings is 1. The van der Waals surface area contributed by atoms with Crippen LogP contribution in [0, 0.1) is 0 Å². The second-order valence-corrected chi connectivity index (χ2v) is 4.06. The molecule has 17 heavy (non-hydrogen) atoms. The highest BCUT2D eigenvalue weighted by atomic mass is 35.5. The normalized spacial score (nSPS) is 10.5. The van der Waals surface area contributed by atoms with E-state index >= 15 is 0 Å². The van der Waals surface area contributed by atoms with Crippen molar-refractivity contribution in [2.75, 3.05) is 0 Å². The molecule has 5 nitrogen and oxygen atoms in total. The average molecular weight is 271 g/mol. The van der Waals surface area contributed by atoms with Gasteiger partial charge >= 0.3 is 5.69 Å². The van der Waals surface area contributed by atoms with E-state index in [4.69, 9.17) is 23.2 Å². The molecule has 0 fully saturated rings. The van der Waals surface area contributed by atoms with Crippen LogP contribution < -0.4 is 5.69 Å². The molecule has 0 aliphatic heterocycles. The first-order valence-electron chi connectivity index (χ1n) is 4.72. The summed E-state index contributed by atoms with van der Waals surface area (Å²) in [5.41, 5.74) is 0.156. The lowest BCUT2D eigenvalue weighted by Crippen LogP contribution is -2.23. The van der Waals surface area contributed by atoms with Gasteiger partial charge in [-0.15, -0.1) is 6.58 Å². The molecule has 0 amide bonds. The van der Waals surface area contributed by atoms with Crippen molar-refractivity contribution in [2.45, 2.75) is 6.54 Å². The lowest BCUT2D eigenvalue weighted by atomic mass is 10.3. The monoisotopic (exact) mass is 270 g/mol. The van der Waals surface area contributed by atoms with E-state index in [9.17, 15) is 4.79 Å². The Bertz CT molecular complexity index is 617. The average Bonchev–Trinajstić information content (AvgIpc) is 2.66. The highest BCUT2D eigenvalue weighted by Gasteiger charge is 2.09. The Labute approximate surface area is 107 Å². The first kappa shape index (κ1) is 11.9. The zero-order valence-corrected chi connectivity index (χ0v) is 10.2. The number of hydrogen-bond donors (Lipinski definition) is 0.